The summed E-state index contributed by atoms with van der Waals surface area (Å²) in [5, 5.41) is 2.75. The third-order valence-corrected chi connectivity index (χ3v) is 8.12. The van der Waals surface area contributed by atoms with Crippen LogP contribution >= 0.6 is 11.3 Å². The molecule has 5 rings (SSSR count). The largest absolute Gasteiger partial charge is 0.343 e. The highest BCUT2D eigenvalue weighted by atomic mass is 32.1. The van der Waals surface area contributed by atoms with Gasteiger partial charge in [-0.3, -0.25) is 14.5 Å². The number of amides is 2. The maximum Gasteiger partial charge on any atom is 0.273 e. The van der Waals surface area contributed by atoms with Crippen LogP contribution in [0.2, 0.25) is 0 Å². The second kappa shape index (κ2) is 14.1. The van der Waals surface area contributed by atoms with Crippen LogP contribution in [0, 0.1) is 0 Å². The van der Waals surface area contributed by atoms with E-state index < -0.39 is 0 Å². The van der Waals surface area contributed by atoms with Gasteiger partial charge in [0, 0.05) is 62.1 Å². The van der Waals surface area contributed by atoms with Gasteiger partial charge in [-0.2, -0.15) is 0 Å². The first-order valence-electron chi connectivity index (χ1n) is 14.3. The van der Waals surface area contributed by atoms with E-state index in [1.807, 2.05) is 76.0 Å². The molecule has 2 aromatic carbocycles. The number of thiazole rings is 1. The van der Waals surface area contributed by atoms with Gasteiger partial charge in [-0.15, -0.1) is 11.3 Å². The molecule has 0 radical (unpaired) electrons. The van der Waals surface area contributed by atoms with Crippen LogP contribution in [0.5, 0.6) is 0 Å². The Balaban J connectivity index is 1.15. The number of nitrogens with zero attached hydrogens (tertiary/aromatic N) is 5. The van der Waals surface area contributed by atoms with Crippen LogP contribution in [0.15, 0.2) is 90.4 Å². The summed E-state index contributed by atoms with van der Waals surface area (Å²) in [6.07, 6.45) is 7.23. The minimum atomic E-state index is 0.00212. The molecule has 1 aliphatic heterocycles. The van der Waals surface area contributed by atoms with Crippen molar-refractivity contribution in [2.75, 3.05) is 39.3 Å². The minimum Gasteiger partial charge on any atom is -0.343 e. The maximum atomic E-state index is 13.2. The lowest BCUT2D eigenvalue weighted by Gasteiger charge is -2.33. The molecule has 0 spiro atoms. The third kappa shape index (κ3) is 7.60. The van der Waals surface area contributed by atoms with Crippen LogP contribution in [-0.4, -0.2) is 75.3 Å². The fourth-order valence-corrected chi connectivity index (χ4v) is 5.82. The first-order chi connectivity index (χ1) is 20.1. The summed E-state index contributed by atoms with van der Waals surface area (Å²) < 4.78 is 2.12. The van der Waals surface area contributed by atoms with Crippen LogP contribution in [-0.2, 0) is 13.1 Å². The standard InChI is InChI=1S/C33H37N5O2S/c1-2-17-38(32(39)28-14-7-4-8-15-28)24-29-16-10-19-37(29)25-31-34-30(26-41-31)33(40)36-22-20-35(21-23-36)18-9-13-27-11-5-3-6-12-27/h3-16,19,26H,2,17-18,20-25H2,1H3. The van der Waals surface area contributed by atoms with Gasteiger partial charge in [0.2, 0.25) is 0 Å². The second-order valence-electron chi connectivity index (χ2n) is 10.3. The summed E-state index contributed by atoms with van der Waals surface area (Å²) in [5.41, 5.74) is 3.46. The van der Waals surface area contributed by atoms with Crippen molar-refractivity contribution >= 4 is 29.2 Å². The number of carbonyl (C=O) groups is 2. The van der Waals surface area contributed by atoms with Gasteiger partial charge in [0.1, 0.15) is 10.7 Å². The van der Waals surface area contributed by atoms with Crippen molar-refractivity contribution in [3.05, 3.63) is 118 Å². The van der Waals surface area contributed by atoms with Crippen molar-refractivity contribution in [2.24, 2.45) is 0 Å². The van der Waals surface area contributed by atoms with Gasteiger partial charge in [-0.25, -0.2) is 4.98 Å². The first-order valence-corrected chi connectivity index (χ1v) is 15.1. The van der Waals surface area contributed by atoms with E-state index >= 15 is 0 Å². The fourth-order valence-electron chi connectivity index (χ4n) is 5.05. The number of hydrogen-bond acceptors (Lipinski definition) is 5. The van der Waals surface area contributed by atoms with E-state index in [-0.39, 0.29) is 11.8 Å². The lowest BCUT2D eigenvalue weighted by atomic mass is 10.2. The molecule has 0 bridgehead atoms. The zero-order valence-corrected chi connectivity index (χ0v) is 24.4. The quantitative estimate of drug-likeness (QED) is 0.240. The molecule has 212 valence electrons. The van der Waals surface area contributed by atoms with Gasteiger partial charge in [0.05, 0.1) is 13.1 Å². The molecule has 1 aliphatic rings. The van der Waals surface area contributed by atoms with E-state index in [0.29, 0.717) is 44.0 Å². The molecule has 0 N–H and O–H groups in total. The van der Waals surface area contributed by atoms with Gasteiger partial charge >= 0.3 is 0 Å². The van der Waals surface area contributed by atoms with Crippen LogP contribution in [0.1, 0.15) is 50.5 Å². The summed E-state index contributed by atoms with van der Waals surface area (Å²) in [6.45, 7) is 7.86. The number of hydrogen-bond donors (Lipinski definition) is 0. The molecule has 2 aromatic heterocycles. The second-order valence-corrected chi connectivity index (χ2v) is 11.2. The van der Waals surface area contributed by atoms with E-state index in [2.05, 4.69) is 46.7 Å². The predicted octanol–water partition coefficient (Wildman–Crippen LogP) is 5.52. The van der Waals surface area contributed by atoms with E-state index in [1.165, 1.54) is 16.9 Å². The van der Waals surface area contributed by atoms with Crippen LogP contribution in [0.25, 0.3) is 6.08 Å². The monoisotopic (exact) mass is 567 g/mol. The molecular formula is C33H37N5O2S. The summed E-state index contributed by atoms with van der Waals surface area (Å²) in [7, 11) is 0. The summed E-state index contributed by atoms with van der Waals surface area (Å²) in [6, 6.07) is 23.8. The molecule has 3 heterocycles. The molecule has 1 saturated heterocycles. The Labute approximate surface area is 246 Å². The van der Waals surface area contributed by atoms with E-state index in [0.717, 1.165) is 36.8 Å². The molecule has 0 atom stereocenters. The first kappa shape index (κ1) is 28.5. The maximum absolute atomic E-state index is 13.2. The zero-order valence-electron chi connectivity index (χ0n) is 23.6. The van der Waals surface area contributed by atoms with Gasteiger partial charge in [0.15, 0.2) is 0 Å². The minimum absolute atomic E-state index is 0.00212. The Morgan fingerprint density at radius 2 is 1.68 bits per heavy atom. The average Bonchev–Trinajstić information content (AvgIpc) is 3.67. The smallest absolute Gasteiger partial charge is 0.273 e. The molecular weight excluding hydrogens is 530 g/mol. The Hall–Kier alpha value is -4.01. The molecule has 8 heteroatoms. The van der Waals surface area contributed by atoms with Gasteiger partial charge in [0.25, 0.3) is 11.8 Å². The van der Waals surface area contributed by atoms with Gasteiger partial charge < -0.3 is 14.4 Å². The molecule has 0 unspecified atom stereocenters. The Morgan fingerprint density at radius 3 is 2.41 bits per heavy atom. The van der Waals surface area contributed by atoms with Crippen molar-refractivity contribution in [1.29, 1.82) is 0 Å². The molecule has 7 nitrogen and oxygen atoms in total. The fraction of sp³-hybridized carbons (Fsp3) is 0.303. The molecule has 1 fully saturated rings. The number of piperazine rings is 1. The van der Waals surface area contributed by atoms with Gasteiger partial charge in [-0.1, -0.05) is 67.6 Å². The number of carbonyl (C=O) groups excluding carboxylic acids is 2. The predicted molar refractivity (Wildman–Crippen MR) is 165 cm³/mol. The highest BCUT2D eigenvalue weighted by Crippen LogP contribution is 2.18. The average molecular weight is 568 g/mol. The van der Waals surface area contributed by atoms with Crippen molar-refractivity contribution in [2.45, 2.75) is 26.4 Å². The normalized spacial score (nSPS) is 14.0. The van der Waals surface area contributed by atoms with E-state index in [9.17, 15) is 9.59 Å². The highest BCUT2D eigenvalue weighted by Gasteiger charge is 2.24. The Morgan fingerprint density at radius 1 is 0.951 bits per heavy atom. The van der Waals surface area contributed by atoms with Crippen molar-refractivity contribution in [3.63, 3.8) is 0 Å². The molecule has 4 aromatic rings. The van der Waals surface area contributed by atoms with E-state index in [4.69, 9.17) is 4.98 Å². The van der Waals surface area contributed by atoms with Crippen LogP contribution < -0.4 is 0 Å². The Kier molecular flexibility index (Phi) is 9.78. The third-order valence-electron chi connectivity index (χ3n) is 7.29. The van der Waals surface area contributed by atoms with E-state index in [1.54, 1.807) is 0 Å². The molecule has 0 saturated carbocycles. The summed E-state index contributed by atoms with van der Waals surface area (Å²) in [5.74, 6) is 0.0388. The highest BCUT2D eigenvalue weighted by molar-refractivity contribution is 7.09. The van der Waals surface area contributed by atoms with Crippen LogP contribution in [0.3, 0.4) is 0 Å². The molecule has 2 amide bonds. The molecule has 41 heavy (non-hydrogen) atoms. The topological polar surface area (TPSA) is 61.7 Å². The SMILES string of the molecule is CCCN(Cc1cccn1Cc1nc(C(=O)N2CCN(CC=Cc3ccccc3)CC2)cs1)C(=O)c1ccccc1. The Bertz CT molecular complexity index is 1440. The molecule has 0 aliphatic carbocycles. The van der Waals surface area contributed by atoms with Crippen molar-refractivity contribution in [1.82, 2.24) is 24.3 Å². The van der Waals surface area contributed by atoms with Crippen LogP contribution in [0.4, 0.5) is 0 Å². The number of benzene rings is 2. The van der Waals surface area contributed by atoms with Crippen molar-refractivity contribution in [3.8, 4) is 0 Å². The number of rotatable bonds is 11. The summed E-state index contributed by atoms with van der Waals surface area (Å²) in [4.78, 5) is 37.2. The zero-order chi connectivity index (χ0) is 28.4. The van der Waals surface area contributed by atoms with Crippen molar-refractivity contribution < 1.29 is 9.59 Å². The number of aromatic nitrogens is 2. The lowest BCUT2D eigenvalue weighted by molar-refractivity contribution is 0.0644. The lowest BCUT2D eigenvalue weighted by Crippen LogP contribution is -2.48. The summed E-state index contributed by atoms with van der Waals surface area (Å²) >= 11 is 1.51. The van der Waals surface area contributed by atoms with Gasteiger partial charge in [-0.05, 0) is 36.2 Å².